The van der Waals surface area contributed by atoms with Crippen molar-refractivity contribution in [2.75, 3.05) is 19.4 Å². The van der Waals surface area contributed by atoms with Gasteiger partial charge in [0.25, 0.3) is 5.91 Å². The molecule has 1 N–H and O–H groups in total. The van der Waals surface area contributed by atoms with Crippen LogP contribution in [0.3, 0.4) is 0 Å². The molecule has 7 heteroatoms. The molecule has 0 aliphatic carbocycles. The third-order valence-electron chi connectivity index (χ3n) is 4.22. The first-order valence-electron chi connectivity index (χ1n) is 8.28. The third-order valence-corrected chi connectivity index (χ3v) is 4.22. The first-order valence-corrected chi connectivity index (χ1v) is 8.28. The number of nitrogens with one attached hydrogen (secondary N) is 1. The molecule has 3 rings (SSSR count). The zero-order valence-corrected chi connectivity index (χ0v) is 15.3. The lowest BCUT2D eigenvalue weighted by atomic mass is 10.1. The molecule has 0 bridgehead atoms. The lowest BCUT2D eigenvalue weighted by Crippen LogP contribution is -2.26. The minimum atomic E-state index is -0.0681. The second-order valence-corrected chi connectivity index (χ2v) is 6.06. The summed E-state index contributed by atoms with van der Waals surface area (Å²) in [4.78, 5) is 23.0. The number of nitrogens with zero attached hydrogens (tertiary/aromatic N) is 4. The van der Waals surface area contributed by atoms with Crippen LogP contribution in [0.15, 0.2) is 41.1 Å². The van der Waals surface area contributed by atoms with E-state index in [1.165, 1.54) is 0 Å². The fourth-order valence-electron chi connectivity index (χ4n) is 2.66. The molecule has 0 radical (unpaired) electrons. The van der Waals surface area contributed by atoms with Crippen LogP contribution < -0.4 is 5.32 Å². The Bertz CT molecular complexity index is 898. The molecular formula is C19H21N5O2. The van der Waals surface area contributed by atoms with Crippen LogP contribution in [-0.4, -0.2) is 40.0 Å². The number of carbonyl (C=O) groups is 1. The van der Waals surface area contributed by atoms with Crippen molar-refractivity contribution >= 4 is 11.7 Å². The largest absolute Gasteiger partial charge is 0.373 e. The van der Waals surface area contributed by atoms with Gasteiger partial charge in [0.05, 0.1) is 12.2 Å². The van der Waals surface area contributed by atoms with Crippen LogP contribution in [0.25, 0.3) is 11.4 Å². The molecule has 0 aliphatic heterocycles. The molecule has 0 atom stereocenters. The number of aromatic nitrogens is 3. The SMILES string of the molecule is CNc1ccnc(-c2ccc(C(=O)N(C)Cc3c(C)noc3C)cc2)n1. The van der Waals surface area contributed by atoms with Crippen LogP contribution in [0, 0.1) is 13.8 Å². The van der Waals surface area contributed by atoms with Crippen molar-refractivity contribution in [3.63, 3.8) is 0 Å². The second-order valence-electron chi connectivity index (χ2n) is 6.06. The van der Waals surface area contributed by atoms with E-state index in [9.17, 15) is 4.79 Å². The Balaban J connectivity index is 1.76. The monoisotopic (exact) mass is 351 g/mol. The number of benzene rings is 1. The van der Waals surface area contributed by atoms with E-state index in [-0.39, 0.29) is 5.91 Å². The Morgan fingerprint density at radius 2 is 1.92 bits per heavy atom. The fraction of sp³-hybridized carbons (Fsp3) is 0.263. The van der Waals surface area contributed by atoms with Crippen LogP contribution in [0.5, 0.6) is 0 Å². The molecule has 2 aromatic heterocycles. The minimum Gasteiger partial charge on any atom is -0.373 e. The second kappa shape index (κ2) is 7.35. The summed E-state index contributed by atoms with van der Waals surface area (Å²) in [5, 5.41) is 6.92. The van der Waals surface area contributed by atoms with E-state index in [1.807, 2.05) is 33.0 Å². The van der Waals surface area contributed by atoms with Crippen LogP contribution in [-0.2, 0) is 6.54 Å². The summed E-state index contributed by atoms with van der Waals surface area (Å²) in [7, 11) is 3.57. The Morgan fingerprint density at radius 3 is 2.54 bits per heavy atom. The Labute approximate surface area is 152 Å². The molecule has 1 amide bonds. The number of anilines is 1. The smallest absolute Gasteiger partial charge is 0.253 e. The highest BCUT2D eigenvalue weighted by Gasteiger charge is 2.17. The van der Waals surface area contributed by atoms with E-state index in [0.29, 0.717) is 17.9 Å². The van der Waals surface area contributed by atoms with Gasteiger partial charge in [0.15, 0.2) is 5.82 Å². The molecule has 0 unspecified atom stereocenters. The van der Waals surface area contributed by atoms with E-state index in [0.717, 1.165) is 28.4 Å². The average molecular weight is 351 g/mol. The lowest BCUT2D eigenvalue weighted by Gasteiger charge is -2.17. The van der Waals surface area contributed by atoms with Gasteiger partial charge in [-0.1, -0.05) is 17.3 Å². The van der Waals surface area contributed by atoms with Crippen LogP contribution in [0.1, 0.15) is 27.4 Å². The van der Waals surface area contributed by atoms with Crippen molar-refractivity contribution in [3.05, 3.63) is 59.1 Å². The normalized spacial score (nSPS) is 10.6. The maximum atomic E-state index is 12.7. The van der Waals surface area contributed by atoms with E-state index >= 15 is 0 Å². The standard InChI is InChI=1S/C19H21N5O2/c1-12-16(13(2)26-23-12)11-24(4)19(25)15-7-5-14(6-8-15)18-21-10-9-17(20-3)22-18/h5-10H,11H2,1-4H3,(H,20,21,22). The summed E-state index contributed by atoms with van der Waals surface area (Å²) in [5.74, 6) is 2.02. The molecule has 0 fully saturated rings. The van der Waals surface area contributed by atoms with Gasteiger partial charge in [-0.15, -0.1) is 0 Å². The molecule has 1 aromatic carbocycles. The van der Waals surface area contributed by atoms with Crippen molar-refractivity contribution in [1.29, 1.82) is 0 Å². The third kappa shape index (κ3) is 3.56. The lowest BCUT2D eigenvalue weighted by molar-refractivity contribution is 0.0784. The maximum absolute atomic E-state index is 12.7. The molecule has 134 valence electrons. The Kier molecular flexibility index (Phi) is 4.97. The zero-order valence-electron chi connectivity index (χ0n) is 15.3. The van der Waals surface area contributed by atoms with Crippen molar-refractivity contribution in [2.24, 2.45) is 0 Å². The summed E-state index contributed by atoms with van der Waals surface area (Å²) in [5.41, 5.74) is 3.20. The summed E-state index contributed by atoms with van der Waals surface area (Å²) in [6.45, 7) is 4.18. The van der Waals surface area contributed by atoms with E-state index in [2.05, 4.69) is 20.4 Å². The molecular weight excluding hydrogens is 330 g/mol. The van der Waals surface area contributed by atoms with Gasteiger partial charge in [-0.05, 0) is 32.0 Å². The number of carbonyl (C=O) groups excluding carboxylic acids is 1. The van der Waals surface area contributed by atoms with Gasteiger partial charge in [-0.2, -0.15) is 0 Å². The number of aryl methyl sites for hydroxylation is 2. The fourth-order valence-corrected chi connectivity index (χ4v) is 2.66. The quantitative estimate of drug-likeness (QED) is 0.760. The van der Waals surface area contributed by atoms with Crippen molar-refractivity contribution in [1.82, 2.24) is 20.0 Å². The molecule has 0 saturated carbocycles. The summed E-state index contributed by atoms with van der Waals surface area (Å²) >= 11 is 0. The molecule has 26 heavy (non-hydrogen) atoms. The van der Waals surface area contributed by atoms with Crippen LogP contribution in [0.4, 0.5) is 5.82 Å². The first-order chi connectivity index (χ1) is 12.5. The van der Waals surface area contributed by atoms with Gasteiger partial charge in [0.2, 0.25) is 0 Å². The number of rotatable bonds is 5. The van der Waals surface area contributed by atoms with Gasteiger partial charge in [-0.3, -0.25) is 4.79 Å². The van der Waals surface area contributed by atoms with Gasteiger partial charge < -0.3 is 14.7 Å². The maximum Gasteiger partial charge on any atom is 0.253 e. The van der Waals surface area contributed by atoms with E-state index in [1.54, 1.807) is 36.3 Å². The van der Waals surface area contributed by atoms with Crippen LogP contribution >= 0.6 is 0 Å². The van der Waals surface area contributed by atoms with Gasteiger partial charge in [0, 0.05) is 37.0 Å². The number of hydrogen-bond donors (Lipinski definition) is 1. The Morgan fingerprint density at radius 1 is 1.19 bits per heavy atom. The zero-order chi connectivity index (χ0) is 18.7. The molecule has 3 aromatic rings. The number of hydrogen-bond acceptors (Lipinski definition) is 6. The molecule has 0 spiro atoms. The highest BCUT2D eigenvalue weighted by atomic mass is 16.5. The van der Waals surface area contributed by atoms with Crippen molar-refractivity contribution in [2.45, 2.75) is 20.4 Å². The molecule has 0 aliphatic rings. The average Bonchev–Trinajstić information content (AvgIpc) is 2.99. The topological polar surface area (TPSA) is 84.2 Å². The van der Waals surface area contributed by atoms with Crippen LogP contribution in [0.2, 0.25) is 0 Å². The molecule has 2 heterocycles. The van der Waals surface area contributed by atoms with E-state index in [4.69, 9.17) is 4.52 Å². The summed E-state index contributed by atoms with van der Waals surface area (Å²) in [6.07, 6.45) is 1.70. The van der Waals surface area contributed by atoms with Crippen molar-refractivity contribution < 1.29 is 9.32 Å². The summed E-state index contributed by atoms with van der Waals surface area (Å²) < 4.78 is 5.16. The summed E-state index contributed by atoms with van der Waals surface area (Å²) in [6, 6.07) is 9.08. The van der Waals surface area contributed by atoms with Gasteiger partial charge in [-0.25, -0.2) is 9.97 Å². The predicted molar refractivity (Wildman–Crippen MR) is 98.8 cm³/mol. The van der Waals surface area contributed by atoms with E-state index < -0.39 is 0 Å². The van der Waals surface area contributed by atoms with Gasteiger partial charge in [0.1, 0.15) is 11.6 Å². The molecule has 0 saturated heterocycles. The minimum absolute atomic E-state index is 0.0681. The predicted octanol–water partition coefficient (Wildman–Crippen LogP) is 3.06. The molecule has 7 nitrogen and oxygen atoms in total. The van der Waals surface area contributed by atoms with Gasteiger partial charge >= 0.3 is 0 Å². The highest BCUT2D eigenvalue weighted by Crippen LogP contribution is 2.19. The first kappa shape index (κ1) is 17.6. The van der Waals surface area contributed by atoms with Crippen molar-refractivity contribution in [3.8, 4) is 11.4 Å². The highest BCUT2D eigenvalue weighted by molar-refractivity contribution is 5.94. The number of amides is 1. The Hall–Kier alpha value is -3.22.